The van der Waals surface area contributed by atoms with Crippen LogP contribution in [0.2, 0.25) is 0 Å². The average molecular weight is 444 g/mol. The molecule has 8 heteroatoms. The second-order valence-electron chi connectivity index (χ2n) is 8.04. The van der Waals surface area contributed by atoms with E-state index in [4.69, 9.17) is 4.74 Å². The molecule has 0 bridgehead atoms. The third-order valence-corrected chi connectivity index (χ3v) is 6.01. The molecular formula is C25H25N5O3. The third kappa shape index (κ3) is 4.07. The van der Waals surface area contributed by atoms with Gasteiger partial charge in [0.25, 0.3) is 11.8 Å². The Morgan fingerprint density at radius 2 is 1.94 bits per heavy atom. The van der Waals surface area contributed by atoms with Gasteiger partial charge in [0, 0.05) is 48.4 Å². The van der Waals surface area contributed by atoms with Gasteiger partial charge in [-0.25, -0.2) is 0 Å². The minimum Gasteiger partial charge on any atom is -0.496 e. The summed E-state index contributed by atoms with van der Waals surface area (Å²) in [4.78, 5) is 30.7. The first-order valence-electron chi connectivity index (χ1n) is 11.0. The molecule has 2 N–H and O–H groups in total. The fraction of sp³-hybridized carbons (Fsp3) is 0.240. The van der Waals surface area contributed by atoms with Gasteiger partial charge in [-0.05, 0) is 24.1 Å². The number of fused-ring (bicyclic) bond motifs is 2. The molecule has 0 unspecified atom stereocenters. The lowest BCUT2D eigenvalue weighted by molar-refractivity contribution is 0.0681. The van der Waals surface area contributed by atoms with Crippen molar-refractivity contribution in [1.82, 2.24) is 25.0 Å². The largest absolute Gasteiger partial charge is 0.496 e. The van der Waals surface area contributed by atoms with Crippen molar-refractivity contribution in [3.05, 3.63) is 83.3 Å². The molecule has 8 nitrogen and oxygen atoms in total. The zero-order valence-electron chi connectivity index (χ0n) is 18.4. The number of hydrogen-bond donors (Lipinski definition) is 2. The van der Waals surface area contributed by atoms with Gasteiger partial charge in [0.1, 0.15) is 11.4 Å². The highest BCUT2D eigenvalue weighted by atomic mass is 16.5. The monoisotopic (exact) mass is 443 g/mol. The van der Waals surface area contributed by atoms with Crippen molar-refractivity contribution in [2.24, 2.45) is 0 Å². The molecule has 0 spiro atoms. The van der Waals surface area contributed by atoms with Gasteiger partial charge in [-0.1, -0.05) is 36.4 Å². The van der Waals surface area contributed by atoms with Crippen molar-refractivity contribution in [3.63, 3.8) is 0 Å². The van der Waals surface area contributed by atoms with Gasteiger partial charge < -0.3 is 19.9 Å². The summed E-state index contributed by atoms with van der Waals surface area (Å²) in [5.74, 6) is 0.331. The number of carbonyl (C=O) groups is 2. The Hall–Kier alpha value is -4.07. The van der Waals surface area contributed by atoms with Gasteiger partial charge in [0.05, 0.1) is 13.7 Å². The molecule has 0 atom stereocenters. The highest BCUT2D eigenvalue weighted by molar-refractivity contribution is 5.98. The summed E-state index contributed by atoms with van der Waals surface area (Å²) >= 11 is 0. The predicted octanol–water partition coefficient (Wildman–Crippen LogP) is 3.00. The van der Waals surface area contributed by atoms with Gasteiger partial charge in [-0.3, -0.25) is 14.3 Å². The number of H-pyrrole nitrogens is 1. The van der Waals surface area contributed by atoms with E-state index in [2.05, 4.69) is 21.5 Å². The lowest BCUT2D eigenvalue weighted by Gasteiger charge is -2.28. The number of rotatable bonds is 7. The zero-order chi connectivity index (χ0) is 22.8. The summed E-state index contributed by atoms with van der Waals surface area (Å²) < 4.78 is 7.03. The highest BCUT2D eigenvalue weighted by Gasteiger charge is 2.28. The minimum absolute atomic E-state index is 0.141. The van der Waals surface area contributed by atoms with Gasteiger partial charge in [-0.2, -0.15) is 5.10 Å². The van der Waals surface area contributed by atoms with Crippen molar-refractivity contribution >= 4 is 22.7 Å². The minimum atomic E-state index is -0.277. The van der Waals surface area contributed by atoms with Gasteiger partial charge in [0.2, 0.25) is 0 Å². The summed E-state index contributed by atoms with van der Waals surface area (Å²) in [6.07, 6.45) is 2.68. The fourth-order valence-electron chi connectivity index (χ4n) is 4.28. The van der Waals surface area contributed by atoms with E-state index in [1.54, 1.807) is 22.8 Å². The molecule has 2 amide bonds. The molecule has 0 saturated carbocycles. The Morgan fingerprint density at radius 1 is 1.12 bits per heavy atom. The number of ether oxygens (including phenoxy) is 1. The number of methoxy groups -OCH3 is 1. The van der Waals surface area contributed by atoms with Crippen LogP contribution in [-0.4, -0.2) is 51.7 Å². The maximum atomic E-state index is 13.0. The molecule has 1 aliphatic heterocycles. The van der Waals surface area contributed by atoms with E-state index in [1.165, 1.54) is 0 Å². The predicted molar refractivity (Wildman–Crippen MR) is 124 cm³/mol. The summed E-state index contributed by atoms with van der Waals surface area (Å²) in [5, 5.41) is 8.45. The van der Waals surface area contributed by atoms with Crippen LogP contribution >= 0.6 is 0 Å². The van der Waals surface area contributed by atoms with Crippen LogP contribution in [0.3, 0.4) is 0 Å². The smallest absolute Gasteiger partial charge is 0.272 e. The van der Waals surface area contributed by atoms with Crippen LogP contribution in [0.15, 0.2) is 60.8 Å². The molecule has 2 aromatic carbocycles. The van der Waals surface area contributed by atoms with Crippen LogP contribution in [0.1, 0.15) is 32.1 Å². The van der Waals surface area contributed by atoms with E-state index < -0.39 is 0 Å². The number of nitrogens with one attached hydrogen (secondary N) is 2. The Labute approximate surface area is 191 Å². The third-order valence-electron chi connectivity index (χ3n) is 6.01. The number of amides is 2. The Kier molecular flexibility index (Phi) is 5.56. The molecule has 1 aliphatic rings. The van der Waals surface area contributed by atoms with E-state index in [1.807, 2.05) is 48.7 Å². The molecule has 4 aromatic rings. The van der Waals surface area contributed by atoms with Crippen molar-refractivity contribution in [2.45, 2.75) is 19.5 Å². The van der Waals surface area contributed by atoms with Crippen molar-refractivity contribution in [2.75, 3.05) is 20.2 Å². The first kappa shape index (κ1) is 20.8. The van der Waals surface area contributed by atoms with E-state index >= 15 is 0 Å². The average Bonchev–Trinajstić information content (AvgIpc) is 3.46. The quantitative estimate of drug-likeness (QED) is 0.459. The zero-order valence-corrected chi connectivity index (χ0v) is 18.4. The molecular weight excluding hydrogens is 418 g/mol. The number of aromatic amines is 1. The number of hydrogen-bond acceptors (Lipinski definition) is 4. The van der Waals surface area contributed by atoms with Crippen molar-refractivity contribution < 1.29 is 14.3 Å². The van der Waals surface area contributed by atoms with Gasteiger partial charge in [0.15, 0.2) is 5.69 Å². The van der Waals surface area contributed by atoms with Crippen LogP contribution in [0.25, 0.3) is 10.9 Å². The molecule has 0 radical (unpaired) electrons. The Morgan fingerprint density at radius 3 is 2.82 bits per heavy atom. The molecule has 0 fully saturated rings. The van der Waals surface area contributed by atoms with Crippen LogP contribution in [0, 0.1) is 0 Å². The molecule has 2 aromatic heterocycles. The summed E-state index contributed by atoms with van der Waals surface area (Å²) in [6.45, 7) is 1.99. The molecule has 0 aliphatic carbocycles. The Bertz CT molecular complexity index is 1320. The normalized spacial score (nSPS) is 13.2. The van der Waals surface area contributed by atoms with Crippen LogP contribution in [0.5, 0.6) is 5.75 Å². The van der Waals surface area contributed by atoms with E-state index in [0.717, 1.165) is 27.8 Å². The number of nitrogens with zero attached hydrogens (tertiary/aromatic N) is 3. The van der Waals surface area contributed by atoms with E-state index in [0.29, 0.717) is 38.3 Å². The van der Waals surface area contributed by atoms with Gasteiger partial charge in [-0.15, -0.1) is 0 Å². The number of para-hydroxylation sites is 2. The molecule has 168 valence electrons. The Balaban J connectivity index is 1.23. The van der Waals surface area contributed by atoms with E-state index in [9.17, 15) is 9.59 Å². The maximum absolute atomic E-state index is 13.0. The standard InChI is InChI=1S/C25H25N5O3/c1-33-23-9-5-2-6-18(23)16-29-12-13-30-22(25(29)32)14-21(28-30)24(31)26-11-10-17-15-27-20-8-4-3-7-19(17)20/h2-9,14-15,27H,10-13,16H2,1H3,(H,26,31). The van der Waals surface area contributed by atoms with Gasteiger partial charge >= 0.3 is 0 Å². The maximum Gasteiger partial charge on any atom is 0.272 e. The lowest BCUT2D eigenvalue weighted by Crippen LogP contribution is -2.39. The lowest BCUT2D eigenvalue weighted by atomic mass is 10.1. The summed E-state index contributed by atoms with van der Waals surface area (Å²) in [5.41, 5.74) is 3.86. The highest BCUT2D eigenvalue weighted by Crippen LogP contribution is 2.22. The first-order valence-corrected chi connectivity index (χ1v) is 11.0. The molecule has 5 rings (SSSR count). The molecule has 0 saturated heterocycles. The summed E-state index contributed by atoms with van der Waals surface area (Å²) in [7, 11) is 1.62. The van der Waals surface area contributed by atoms with Crippen molar-refractivity contribution in [1.29, 1.82) is 0 Å². The molecule has 3 heterocycles. The second kappa shape index (κ2) is 8.82. The topological polar surface area (TPSA) is 92.2 Å². The number of carbonyl (C=O) groups excluding carboxylic acids is 2. The number of benzene rings is 2. The van der Waals surface area contributed by atoms with Crippen molar-refractivity contribution in [3.8, 4) is 5.75 Å². The first-order chi connectivity index (χ1) is 16.1. The number of aromatic nitrogens is 3. The SMILES string of the molecule is COc1ccccc1CN1CCn2nc(C(=O)NCCc3c[nH]c4ccccc34)cc2C1=O. The molecule has 33 heavy (non-hydrogen) atoms. The van der Waals surface area contributed by atoms with Crippen LogP contribution in [0.4, 0.5) is 0 Å². The van der Waals surface area contributed by atoms with E-state index in [-0.39, 0.29) is 17.5 Å². The fourth-order valence-corrected chi connectivity index (χ4v) is 4.28. The van der Waals surface area contributed by atoms with Crippen LogP contribution < -0.4 is 10.1 Å². The second-order valence-corrected chi connectivity index (χ2v) is 8.04. The van der Waals surface area contributed by atoms with Crippen LogP contribution in [-0.2, 0) is 19.5 Å². The summed E-state index contributed by atoms with van der Waals surface area (Å²) in [6, 6.07) is 17.3.